The number of fused-ring (bicyclic) bond motifs is 1. The summed E-state index contributed by atoms with van der Waals surface area (Å²) in [6.07, 6.45) is 0.978. The van der Waals surface area contributed by atoms with E-state index in [1.165, 1.54) is 12.1 Å². The lowest BCUT2D eigenvalue weighted by Gasteiger charge is -2.28. The van der Waals surface area contributed by atoms with Crippen LogP contribution in [0.15, 0.2) is 18.2 Å². The molecule has 1 aromatic carbocycles. The molecule has 1 amide bonds. The van der Waals surface area contributed by atoms with Crippen LogP contribution in [0.3, 0.4) is 0 Å². The molecular weight excluding hydrogens is 267 g/mol. The molecule has 3 unspecified atom stereocenters. The Hall–Kier alpha value is -1.13. The quantitative estimate of drug-likeness (QED) is 0.857. The van der Waals surface area contributed by atoms with Crippen molar-refractivity contribution in [3.05, 3.63) is 34.6 Å². The highest BCUT2D eigenvalue weighted by Crippen LogP contribution is 2.34. The number of nitrogens with zero attached hydrogens (tertiary/aromatic N) is 1. The molecule has 1 N–H and O–H groups in total. The molecule has 0 radical (unpaired) electrons. The third-order valence-corrected chi connectivity index (χ3v) is 4.49. The zero-order valence-electron chi connectivity index (χ0n) is 10.7. The summed E-state index contributed by atoms with van der Waals surface area (Å²) in [5.74, 6) is -0.374. The number of benzene rings is 1. The van der Waals surface area contributed by atoms with Crippen LogP contribution in [-0.4, -0.2) is 36.0 Å². The van der Waals surface area contributed by atoms with Gasteiger partial charge in [-0.05, 0) is 31.4 Å². The average Bonchev–Trinajstić information content (AvgIpc) is 2.91. The molecule has 2 heterocycles. The molecule has 1 aromatic rings. The first-order chi connectivity index (χ1) is 9.09. The molecule has 2 saturated heterocycles. The van der Waals surface area contributed by atoms with Gasteiger partial charge in [0.25, 0.3) is 5.91 Å². The van der Waals surface area contributed by atoms with Gasteiger partial charge in [0.05, 0.1) is 10.6 Å². The molecule has 2 aliphatic heterocycles. The molecule has 2 aliphatic rings. The summed E-state index contributed by atoms with van der Waals surface area (Å²) in [6.45, 7) is 3.76. The van der Waals surface area contributed by atoms with Crippen LogP contribution in [-0.2, 0) is 0 Å². The molecule has 3 nitrogen and oxygen atoms in total. The highest BCUT2D eigenvalue weighted by molar-refractivity contribution is 6.31. The fourth-order valence-electron chi connectivity index (χ4n) is 3.32. The molecule has 3 atom stereocenters. The normalized spacial score (nSPS) is 29.6. The molecular formula is C14H16ClFN2O. The maximum Gasteiger partial charge on any atom is 0.257 e. The number of carbonyl (C=O) groups is 1. The van der Waals surface area contributed by atoms with Crippen molar-refractivity contribution in [2.45, 2.75) is 25.4 Å². The van der Waals surface area contributed by atoms with Gasteiger partial charge in [-0.3, -0.25) is 4.79 Å². The van der Waals surface area contributed by atoms with Crippen molar-refractivity contribution in [2.75, 3.05) is 13.1 Å². The van der Waals surface area contributed by atoms with Crippen LogP contribution in [0, 0.1) is 11.7 Å². The summed E-state index contributed by atoms with van der Waals surface area (Å²) >= 11 is 5.75. The lowest BCUT2D eigenvalue weighted by atomic mass is 10.0. The number of amides is 1. The highest BCUT2D eigenvalue weighted by atomic mass is 35.5. The topological polar surface area (TPSA) is 32.3 Å². The predicted molar refractivity (Wildman–Crippen MR) is 71.8 cm³/mol. The number of hydrogen-bond donors (Lipinski definition) is 1. The fraction of sp³-hybridized carbons (Fsp3) is 0.500. The average molecular weight is 283 g/mol. The molecule has 2 fully saturated rings. The smallest absolute Gasteiger partial charge is 0.257 e. The maximum atomic E-state index is 14.0. The minimum atomic E-state index is -0.615. The first kappa shape index (κ1) is 12.9. The van der Waals surface area contributed by atoms with Crippen LogP contribution < -0.4 is 5.32 Å². The second-order valence-electron chi connectivity index (χ2n) is 5.38. The van der Waals surface area contributed by atoms with Gasteiger partial charge in [0.2, 0.25) is 0 Å². The van der Waals surface area contributed by atoms with E-state index in [9.17, 15) is 9.18 Å². The summed E-state index contributed by atoms with van der Waals surface area (Å²) in [5, 5.41) is 3.29. The van der Waals surface area contributed by atoms with Crippen molar-refractivity contribution in [3.63, 3.8) is 0 Å². The third-order valence-electron chi connectivity index (χ3n) is 4.20. The van der Waals surface area contributed by atoms with Crippen LogP contribution in [0.1, 0.15) is 23.7 Å². The first-order valence-electron chi connectivity index (χ1n) is 6.57. The summed E-state index contributed by atoms with van der Waals surface area (Å²) in [6, 6.07) is 4.92. The Morgan fingerprint density at radius 3 is 3.05 bits per heavy atom. The molecule has 3 rings (SSSR count). The maximum absolute atomic E-state index is 14.0. The lowest BCUT2D eigenvalue weighted by Crippen LogP contribution is -2.43. The summed E-state index contributed by atoms with van der Waals surface area (Å²) in [7, 11) is 0. The Kier molecular flexibility index (Phi) is 3.23. The second kappa shape index (κ2) is 4.76. The molecule has 0 aliphatic carbocycles. The van der Waals surface area contributed by atoms with E-state index in [1.54, 1.807) is 6.07 Å². The number of carbonyl (C=O) groups excluding carboxylic acids is 1. The van der Waals surface area contributed by atoms with E-state index in [4.69, 9.17) is 11.6 Å². The number of rotatable bonds is 1. The standard InChI is InChI=1S/C14H16ClFN2O/c1-8-5-9-6-17-7-12(9)18(8)14(19)10-3-2-4-11(15)13(10)16/h2-4,8-9,12,17H,5-7H2,1H3. The largest absolute Gasteiger partial charge is 0.331 e. The minimum Gasteiger partial charge on any atom is -0.331 e. The summed E-state index contributed by atoms with van der Waals surface area (Å²) in [4.78, 5) is 14.4. The monoisotopic (exact) mass is 282 g/mol. The van der Waals surface area contributed by atoms with Crippen LogP contribution in [0.4, 0.5) is 4.39 Å². The zero-order chi connectivity index (χ0) is 13.6. The van der Waals surface area contributed by atoms with Crippen molar-refractivity contribution in [1.82, 2.24) is 10.2 Å². The molecule has 102 valence electrons. The third kappa shape index (κ3) is 2.03. The van der Waals surface area contributed by atoms with Crippen LogP contribution in [0.5, 0.6) is 0 Å². The Balaban J connectivity index is 1.93. The summed E-state index contributed by atoms with van der Waals surface area (Å²) in [5.41, 5.74) is 0.0758. The van der Waals surface area contributed by atoms with Crippen LogP contribution >= 0.6 is 11.6 Å². The second-order valence-corrected chi connectivity index (χ2v) is 5.79. The van der Waals surface area contributed by atoms with E-state index in [-0.39, 0.29) is 28.6 Å². The van der Waals surface area contributed by atoms with Gasteiger partial charge in [0.1, 0.15) is 0 Å². The van der Waals surface area contributed by atoms with Crippen LogP contribution in [0.2, 0.25) is 5.02 Å². The van der Waals surface area contributed by atoms with Gasteiger partial charge in [-0.25, -0.2) is 4.39 Å². The van der Waals surface area contributed by atoms with Crippen molar-refractivity contribution in [3.8, 4) is 0 Å². The van der Waals surface area contributed by atoms with Gasteiger partial charge in [-0.2, -0.15) is 0 Å². The minimum absolute atomic E-state index is 0.00111. The molecule has 0 bridgehead atoms. The predicted octanol–water partition coefficient (Wildman–Crippen LogP) is 2.30. The van der Waals surface area contributed by atoms with Gasteiger partial charge < -0.3 is 10.2 Å². The van der Waals surface area contributed by atoms with Gasteiger partial charge in [0.15, 0.2) is 5.82 Å². The van der Waals surface area contributed by atoms with Crippen LogP contribution in [0.25, 0.3) is 0 Å². The van der Waals surface area contributed by atoms with Crippen molar-refractivity contribution in [1.29, 1.82) is 0 Å². The Morgan fingerprint density at radius 1 is 1.47 bits per heavy atom. The zero-order valence-corrected chi connectivity index (χ0v) is 11.5. The number of nitrogens with one attached hydrogen (secondary N) is 1. The lowest BCUT2D eigenvalue weighted by molar-refractivity contribution is 0.0677. The van der Waals surface area contributed by atoms with E-state index >= 15 is 0 Å². The van der Waals surface area contributed by atoms with Crippen molar-refractivity contribution < 1.29 is 9.18 Å². The van der Waals surface area contributed by atoms with E-state index in [0.717, 1.165) is 19.5 Å². The van der Waals surface area contributed by atoms with E-state index in [1.807, 2.05) is 11.8 Å². The van der Waals surface area contributed by atoms with E-state index in [0.29, 0.717) is 5.92 Å². The van der Waals surface area contributed by atoms with Gasteiger partial charge in [0, 0.05) is 25.2 Å². The van der Waals surface area contributed by atoms with Gasteiger partial charge in [-0.15, -0.1) is 0 Å². The Labute approximate surface area is 116 Å². The van der Waals surface area contributed by atoms with Crippen molar-refractivity contribution in [2.24, 2.45) is 5.92 Å². The highest BCUT2D eigenvalue weighted by Gasteiger charge is 2.44. The SMILES string of the molecule is CC1CC2CNCC2N1C(=O)c1cccc(Cl)c1F. The Morgan fingerprint density at radius 2 is 2.26 bits per heavy atom. The van der Waals surface area contributed by atoms with E-state index in [2.05, 4.69) is 5.32 Å². The number of hydrogen-bond acceptors (Lipinski definition) is 2. The van der Waals surface area contributed by atoms with Crippen molar-refractivity contribution >= 4 is 17.5 Å². The van der Waals surface area contributed by atoms with E-state index < -0.39 is 5.82 Å². The summed E-state index contributed by atoms with van der Waals surface area (Å²) < 4.78 is 14.0. The number of likely N-dealkylation sites (tertiary alicyclic amines) is 1. The molecule has 5 heteroatoms. The number of halogens is 2. The Bertz CT molecular complexity index is 522. The van der Waals surface area contributed by atoms with Gasteiger partial charge in [-0.1, -0.05) is 17.7 Å². The fourth-order valence-corrected chi connectivity index (χ4v) is 3.50. The molecule has 19 heavy (non-hydrogen) atoms. The molecule has 0 aromatic heterocycles. The van der Waals surface area contributed by atoms with Gasteiger partial charge >= 0.3 is 0 Å². The molecule has 0 saturated carbocycles. The molecule has 0 spiro atoms. The first-order valence-corrected chi connectivity index (χ1v) is 6.94.